The molecule has 0 bridgehead atoms. The molecule has 1 N–H and O–H groups in total. The summed E-state index contributed by atoms with van der Waals surface area (Å²) in [5, 5.41) is 2.99. The van der Waals surface area contributed by atoms with Crippen LogP contribution in [0, 0.1) is 6.92 Å². The topological polar surface area (TPSA) is 68.0 Å². The third kappa shape index (κ3) is 1.96. The fraction of sp³-hybridized carbons (Fsp3) is 0.300. The maximum atomic E-state index is 10.8. The van der Waals surface area contributed by atoms with E-state index in [1.165, 1.54) is 13.3 Å². The summed E-state index contributed by atoms with van der Waals surface area (Å²) in [7, 11) is 0. The fourth-order valence-corrected chi connectivity index (χ4v) is 1.29. The van der Waals surface area contributed by atoms with Gasteiger partial charge in [-0.05, 0) is 13.8 Å². The zero-order valence-corrected chi connectivity index (χ0v) is 8.57. The number of Topliss-reactive ketones (excluding diaryl/α,β-unsaturated/α-hetero) is 1. The average molecular weight is 205 g/mol. The molecule has 0 unspecified atom stereocenters. The molecule has 5 nitrogen and oxygen atoms in total. The van der Waals surface area contributed by atoms with Crippen molar-refractivity contribution in [2.45, 2.75) is 13.8 Å². The molecule has 0 saturated carbocycles. The number of anilines is 1. The molecular weight excluding hydrogens is 194 g/mol. The summed E-state index contributed by atoms with van der Waals surface area (Å²) in [6.45, 7) is 3.68. The van der Waals surface area contributed by atoms with E-state index in [9.17, 15) is 4.79 Å². The Kier molecular flexibility index (Phi) is 2.37. The molecule has 15 heavy (non-hydrogen) atoms. The molecule has 2 aromatic rings. The van der Waals surface area contributed by atoms with E-state index in [0.29, 0.717) is 17.8 Å². The number of hydrogen-bond donors (Lipinski definition) is 1. The smallest absolute Gasteiger partial charge is 0.198 e. The third-order valence-electron chi connectivity index (χ3n) is 2.04. The number of pyridine rings is 1. The number of oxazole rings is 1. The highest BCUT2D eigenvalue weighted by atomic mass is 16.3. The van der Waals surface area contributed by atoms with Crippen LogP contribution in [0.4, 0.5) is 5.69 Å². The van der Waals surface area contributed by atoms with Crippen molar-refractivity contribution < 1.29 is 9.21 Å². The summed E-state index contributed by atoms with van der Waals surface area (Å²) in [6.07, 6.45) is 1.35. The molecule has 0 atom stereocenters. The van der Waals surface area contributed by atoms with Crippen LogP contribution < -0.4 is 5.32 Å². The summed E-state index contributed by atoms with van der Waals surface area (Å²) in [5.41, 5.74) is 2.81. The van der Waals surface area contributed by atoms with E-state index in [2.05, 4.69) is 15.3 Å². The molecule has 0 aliphatic carbocycles. The number of rotatable bonds is 3. The van der Waals surface area contributed by atoms with Crippen molar-refractivity contribution in [2.75, 3.05) is 11.9 Å². The van der Waals surface area contributed by atoms with Gasteiger partial charge in [0.2, 0.25) is 0 Å². The van der Waals surface area contributed by atoms with Crippen molar-refractivity contribution in [3.63, 3.8) is 0 Å². The van der Waals surface area contributed by atoms with Gasteiger partial charge in [-0.2, -0.15) is 4.98 Å². The number of fused-ring (bicyclic) bond motifs is 1. The standard InChI is InChI=1S/C10H11N3O2/c1-6(14)4-11-8-3-9-10(12-5-15-9)13-7(8)2/h3,5,11H,4H2,1-2H3. The lowest BCUT2D eigenvalue weighted by atomic mass is 10.3. The lowest BCUT2D eigenvalue weighted by molar-refractivity contribution is -0.115. The highest BCUT2D eigenvalue weighted by Crippen LogP contribution is 2.19. The Morgan fingerprint density at radius 2 is 2.40 bits per heavy atom. The highest BCUT2D eigenvalue weighted by molar-refractivity contribution is 5.81. The van der Waals surface area contributed by atoms with Crippen LogP contribution in [-0.4, -0.2) is 22.3 Å². The van der Waals surface area contributed by atoms with Gasteiger partial charge in [-0.15, -0.1) is 0 Å². The molecule has 0 fully saturated rings. The largest absolute Gasteiger partial charge is 0.442 e. The summed E-state index contributed by atoms with van der Waals surface area (Å²) in [5.74, 6) is 0.0760. The fourth-order valence-electron chi connectivity index (χ4n) is 1.29. The molecule has 78 valence electrons. The van der Waals surface area contributed by atoms with E-state index >= 15 is 0 Å². The van der Waals surface area contributed by atoms with Gasteiger partial charge in [-0.25, -0.2) is 4.98 Å². The summed E-state index contributed by atoms with van der Waals surface area (Å²) >= 11 is 0. The first kappa shape index (κ1) is 9.64. The first-order chi connectivity index (χ1) is 7.16. The maximum Gasteiger partial charge on any atom is 0.198 e. The van der Waals surface area contributed by atoms with Gasteiger partial charge in [-0.3, -0.25) is 4.79 Å². The Balaban J connectivity index is 2.33. The Morgan fingerprint density at radius 3 is 3.13 bits per heavy atom. The van der Waals surface area contributed by atoms with Crippen molar-refractivity contribution in [1.29, 1.82) is 0 Å². The van der Waals surface area contributed by atoms with E-state index < -0.39 is 0 Å². The van der Waals surface area contributed by atoms with E-state index in [0.717, 1.165) is 11.4 Å². The predicted molar refractivity (Wildman–Crippen MR) is 55.7 cm³/mol. The quantitative estimate of drug-likeness (QED) is 0.823. The van der Waals surface area contributed by atoms with Crippen LogP contribution in [0.3, 0.4) is 0 Å². The molecule has 0 spiro atoms. The molecule has 2 rings (SSSR count). The molecule has 0 aromatic carbocycles. The van der Waals surface area contributed by atoms with Gasteiger partial charge in [0.25, 0.3) is 0 Å². The zero-order valence-electron chi connectivity index (χ0n) is 8.57. The first-order valence-corrected chi connectivity index (χ1v) is 4.61. The molecule has 0 radical (unpaired) electrons. The lowest BCUT2D eigenvalue weighted by Gasteiger charge is -2.05. The normalized spacial score (nSPS) is 10.5. The third-order valence-corrected chi connectivity index (χ3v) is 2.04. The van der Waals surface area contributed by atoms with Gasteiger partial charge >= 0.3 is 0 Å². The summed E-state index contributed by atoms with van der Waals surface area (Å²) in [4.78, 5) is 19.0. The summed E-state index contributed by atoms with van der Waals surface area (Å²) < 4.78 is 5.12. The second-order valence-corrected chi connectivity index (χ2v) is 3.35. The van der Waals surface area contributed by atoms with Crippen molar-refractivity contribution in [1.82, 2.24) is 9.97 Å². The van der Waals surface area contributed by atoms with Crippen LogP contribution in [0.1, 0.15) is 12.6 Å². The molecule has 2 aromatic heterocycles. The van der Waals surface area contributed by atoms with Crippen molar-refractivity contribution in [3.8, 4) is 0 Å². The highest BCUT2D eigenvalue weighted by Gasteiger charge is 2.06. The van der Waals surface area contributed by atoms with Crippen LogP contribution in [0.2, 0.25) is 0 Å². The van der Waals surface area contributed by atoms with Gasteiger partial charge in [0.15, 0.2) is 17.6 Å². The Hall–Kier alpha value is -1.91. The van der Waals surface area contributed by atoms with Crippen LogP contribution in [0.5, 0.6) is 0 Å². The predicted octanol–water partition coefficient (Wildman–Crippen LogP) is 1.53. The van der Waals surface area contributed by atoms with Gasteiger partial charge in [-0.1, -0.05) is 0 Å². The Morgan fingerprint density at radius 1 is 1.60 bits per heavy atom. The Labute approximate surface area is 86.5 Å². The molecule has 0 aliphatic rings. The van der Waals surface area contributed by atoms with Gasteiger partial charge < -0.3 is 9.73 Å². The molecule has 5 heteroatoms. The number of ketones is 1. The average Bonchev–Trinajstić information content (AvgIpc) is 2.60. The second kappa shape index (κ2) is 3.68. The van der Waals surface area contributed by atoms with Crippen molar-refractivity contribution in [3.05, 3.63) is 18.2 Å². The van der Waals surface area contributed by atoms with Crippen molar-refractivity contribution in [2.24, 2.45) is 0 Å². The number of carbonyl (C=O) groups is 1. The maximum absolute atomic E-state index is 10.8. The molecule has 2 heterocycles. The number of nitrogens with zero attached hydrogens (tertiary/aromatic N) is 2. The minimum absolute atomic E-state index is 0.0760. The SMILES string of the molecule is CC(=O)CNc1cc2ocnc2nc1C. The second-order valence-electron chi connectivity index (χ2n) is 3.35. The van der Waals surface area contributed by atoms with E-state index in [4.69, 9.17) is 4.42 Å². The van der Waals surface area contributed by atoms with Crippen LogP contribution in [0.25, 0.3) is 11.2 Å². The van der Waals surface area contributed by atoms with Crippen LogP contribution in [0.15, 0.2) is 16.9 Å². The Bertz CT molecular complexity index is 504. The molecule has 0 amide bonds. The number of nitrogens with one attached hydrogen (secondary N) is 1. The number of aryl methyl sites for hydroxylation is 1. The number of carbonyl (C=O) groups excluding carboxylic acids is 1. The lowest BCUT2D eigenvalue weighted by Crippen LogP contribution is -2.11. The molecule has 0 saturated heterocycles. The van der Waals surface area contributed by atoms with E-state index in [1.807, 2.05) is 6.92 Å². The van der Waals surface area contributed by atoms with Crippen molar-refractivity contribution >= 4 is 22.7 Å². The van der Waals surface area contributed by atoms with Gasteiger partial charge in [0, 0.05) is 6.07 Å². The summed E-state index contributed by atoms with van der Waals surface area (Å²) in [6, 6.07) is 1.80. The van der Waals surface area contributed by atoms with E-state index in [1.54, 1.807) is 6.07 Å². The van der Waals surface area contributed by atoms with E-state index in [-0.39, 0.29) is 5.78 Å². The van der Waals surface area contributed by atoms with Gasteiger partial charge in [0.1, 0.15) is 5.78 Å². The van der Waals surface area contributed by atoms with Crippen LogP contribution in [-0.2, 0) is 4.79 Å². The number of aromatic nitrogens is 2. The first-order valence-electron chi connectivity index (χ1n) is 4.61. The van der Waals surface area contributed by atoms with Crippen LogP contribution >= 0.6 is 0 Å². The minimum atomic E-state index is 0.0760. The van der Waals surface area contributed by atoms with Gasteiger partial charge in [0.05, 0.1) is 17.9 Å². The molecule has 0 aliphatic heterocycles. The number of hydrogen-bond acceptors (Lipinski definition) is 5. The zero-order chi connectivity index (χ0) is 10.8. The minimum Gasteiger partial charge on any atom is -0.442 e. The monoisotopic (exact) mass is 205 g/mol. The molecular formula is C10H11N3O2.